The quantitative estimate of drug-likeness (QED) is 0.487. The maximum Gasteiger partial charge on any atom is 0.271 e. The van der Waals surface area contributed by atoms with Gasteiger partial charge in [-0.15, -0.1) is 0 Å². The number of amides is 2. The van der Waals surface area contributed by atoms with Crippen molar-refractivity contribution in [1.82, 2.24) is 10.7 Å². The van der Waals surface area contributed by atoms with Crippen LogP contribution in [0.2, 0.25) is 0 Å². The summed E-state index contributed by atoms with van der Waals surface area (Å²) in [5.41, 5.74) is 3.73. The van der Waals surface area contributed by atoms with E-state index < -0.39 is 0 Å². The van der Waals surface area contributed by atoms with Crippen molar-refractivity contribution >= 4 is 18.0 Å². The van der Waals surface area contributed by atoms with Gasteiger partial charge in [-0.2, -0.15) is 5.10 Å². The molecule has 1 heterocycles. The SMILES string of the molecule is COc1ccc(C(=O)N/N=C/c2ccc(OCC(=O)NC[C@@H]3CCCO3)cc2)cc1. The van der Waals surface area contributed by atoms with E-state index in [-0.39, 0.29) is 24.5 Å². The van der Waals surface area contributed by atoms with Gasteiger partial charge in [0, 0.05) is 18.7 Å². The van der Waals surface area contributed by atoms with Crippen molar-refractivity contribution < 1.29 is 23.8 Å². The first kappa shape index (κ1) is 21.3. The van der Waals surface area contributed by atoms with Crippen molar-refractivity contribution in [3.05, 3.63) is 59.7 Å². The summed E-state index contributed by atoms with van der Waals surface area (Å²) in [6.07, 6.45) is 3.65. The summed E-state index contributed by atoms with van der Waals surface area (Å²) in [6, 6.07) is 13.8. The fourth-order valence-electron chi connectivity index (χ4n) is 2.86. The molecule has 8 heteroatoms. The summed E-state index contributed by atoms with van der Waals surface area (Å²) < 4.78 is 16.0. The largest absolute Gasteiger partial charge is 0.497 e. The van der Waals surface area contributed by atoms with Crippen LogP contribution in [0, 0.1) is 0 Å². The highest BCUT2D eigenvalue weighted by Gasteiger charge is 2.16. The number of carbonyl (C=O) groups excluding carboxylic acids is 2. The standard InChI is InChI=1S/C22H25N3O5/c1-28-18-10-6-17(7-11-18)22(27)25-24-13-16-4-8-19(9-5-16)30-15-21(26)23-14-20-3-2-12-29-20/h4-11,13,20H,2-3,12,14-15H2,1H3,(H,23,26)(H,25,27)/b24-13+/t20-/m0/s1. The Labute approximate surface area is 175 Å². The van der Waals surface area contributed by atoms with Gasteiger partial charge in [0.2, 0.25) is 0 Å². The molecule has 8 nitrogen and oxygen atoms in total. The van der Waals surface area contributed by atoms with Crippen LogP contribution in [0.5, 0.6) is 11.5 Å². The zero-order valence-corrected chi connectivity index (χ0v) is 16.8. The van der Waals surface area contributed by atoms with Crippen LogP contribution in [0.15, 0.2) is 53.6 Å². The van der Waals surface area contributed by atoms with Gasteiger partial charge in [0.05, 0.1) is 19.4 Å². The zero-order valence-electron chi connectivity index (χ0n) is 16.8. The number of methoxy groups -OCH3 is 1. The highest BCUT2D eigenvalue weighted by Crippen LogP contribution is 2.13. The van der Waals surface area contributed by atoms with Crippen molar-refractivity contribution in [2.24, 2.45) is 5.10 Å². The van der Waals surface area contributed by atoms with Gasteiger partial charge in [-0.3, -0.25) is 9.59 Å². The molecule has 1 fully saturated rings. The van der Waals surface area contributed by atoms with Crippen LogP contribution in [0.3, 0.4) is 0 Å². The van der Waals surface area contributed by atoms with E-state index in [1.165, 1.54) is 6.21 Å². The van der Waals surface area contributed by atoms with E-state index in [4.69, 9.17) is 14.2 Å². The number of nitrogens with zero attached hydrogens (tertiary/aromatic N) is 1. The Morgan fingerprint density at radius 2 is 1.87 bits per heavy atom. The zero-order chi connectivity index (χ0) is 21.2. The number of nitrogens with one attached hydrogen (secondary N) is 2. The maximum atomic E-state index is 12.0. The molecule has 3 rings (SSSR count). The Morgan fingerprint density at radius 1 is 1.13 bits per heavy atom. The van der Waals surface area contributed by atoms with E-state index in [0.29, 0.717) is 23.6 Å². The molecule has 1 aliphatic rings. The average Bonchev–Trinajstić information content (AvgIpc) is 3.31. The minimum Gasteiger partial charge on any atom is -0.497 e. The van der Waals surface area contributed by atoms with Crippen LogP contribution in [0.25, 0.3) is 0 Å². The van der Waals surface area contributed by atoms with Gasteiger partial charge in [0.15, 0.2) is 6.61 Å². The molecule has 2 N–H and O–H groups in total. The summed E-state index contributed by atoms with van der Waals surface area (Å²) in [4.78, 5) is 23.9. The molecule has 30 heavy (non-hydrogen) atoms. The van der Waals surface area contributed by atoms with E-state index in [1.807, 2.05) is 0 Å². The number of rotatable bonds is 9. The first-order chi connectivity index (χ1) is 14.6. The minimum atomic E-state index is -0.317. The molecule has 0 bridgehead atoms. The number of hydrazone groups is 1. The predicted molar refractivity (Wildman–Crippen MR) is 112 cm³/mol. The van der Waals surface area contributed by atoms with Gasteiger partial charge in [0.1, 0.15) is 11.5 Å². The average molecular weight is 411 g/mol. The number of hydrogen-bond donors (Lipinski definition) is 2. The fraction of sp³-hybridized carbons (Fsp3) is 0.318. The van der Waals surface area contributed by atoms with Crippen LogP contribution in [0.4, 0.5) is 0 Å². The Balaban J connectivity index is 1.39. The molecular formula is C22H25N3O5. The summed E-state index contributed by atoms with van der Waals surface area (Å²) in [5.74, 6) is 0.750. The van der Waals surface area contributed by atoms with Crippen LogP contribution in [0.1, 0.15) is 28.8 Å². The third-order valence-electron chi connectivity index (χ3n) is 4.53. The monoisotopic (exact) mass is 411 g/mol. The van der Waals surface area contributed by atoms with Crippen LogP contribution < -0.4 is 20.2 Å². The summed E-state index contributed by atoms with van der Waals surface area (Å²) in [7, 11) is 1.57. The first-order valence-corrected chi connectivity index (χ1v) is 9.72. The first-order valence-electron chi connectivity index (χ1n) is 9.72. The Kier molecular flexibility index (Phi) is 7.79. The third-order valence-corrected chi connectivity index (χ3v) is 4.53. The molecule has 0 saturated carbocycles. The molecule has 1 atom stereocenters. The van der Waals surface area contributed by atoms with E-state index in [1.54, 1.807) is 55.6 Å². The molecule has 158 valence electrons. The molecule has 2 aromatic rings. The second kappa shape index (κ2) is 11.0. The van der Waals surface area contributed by atoms with E-state index in [0.717, 1.165) is 25.0 Å². The summed E-state index contributed by atoms with van der Waals surface area (Å²) in [5, 5.41) is 6.76. The second-order valence-electron chi connectivity index (χ2n) is 6.72. The molecule has 0 aliphatic carbocycles. The van der Waals surface area contributed by atoms with E-state index in [2.05, 4.69) is 15.8 Å². The smallest absolute Gasteiger partial charge is 0.271 e. The Morgan fingerprint density at radius 3 is 2.53 bits per heavy atom. The van der Waals surface area contributed by atoms with Gasteiger partial charge in [-0.25, -0.2) is 5.43 Å². The molecule has 2 amide bonds. The van der Waals surface area contributed by atoms with Crippen LogP contribution >= 0.6 is 0 Å². The Bertz CT molecular complexity index is 859. The number of carbonyl (C=O) groups is 2. The highest BCUT2D eigenvalue weighted by atomic mass is 16.5. The molecule has 0 spiro atoms. The van der Waals surface area contributed by atoms with Crippen LogP contribution in [-0.4, -0.2) is 51.0 Å². The van der Waals surface area contributed by atoms with Crippen molar-refractivity contribution in [2.75, 3.05) is 26.9 Å². The van der Waals surface area contributed by atoms with Crippen LogP contribution in [-0.2, 0) is 9.53 Å². The molecule has 0 radical (unpaired) electrons. The van der Waals surface area contributed by atoms with E-state index in [9.17, 15) is 9.59 Å². The lowest BCUT2D eigenvalue weighted by atomic mass is 10.2. The van der Waals surface area contributed by atoms with Crippen molar-refractivity contribution in [2.45, 2.75) is 18.9 Å². The lowest BCUT2D eigenvalue weighted by molar-refractivity contribution is -0.123. The summed E-state index contributed by atoms with van der Waals surface area (Å²) in [6.45, 7) is 1.22. The lowest BCUT2D eigenvalue weighted by Gasteiger charge is -2.11. The molecule has 2 aromatic carbocycles. The second-order valence-corrected chi connectivity index (χ2v) is 6.72. The summed E-state index contributed by atoms with van der Waals surface area (Å²) >= 11 is 0. The molecule has 1 saturated heterocycles. The fourth-order valence-corrected chi connectivity index (χ4v) is 2.86. The normalized spacial score (nSPS) is 15.7. The lowest BCUT2D eigenvalue weighted by Crippen LogP contribution is -2.35. The number of ether oxygens (including phenoxy) is 3. The van der Waals surface area contributed by atoms with Gasteiger partial charge in [-0.1, -0.05) is 0 Å². The van der Waals surface area contributed by atoms with Gasteiger partial charge < -0.3 is 19.5 Å². The molecular weight excluding hydrogens is 386 g/mol. The molecule has 0 unspecified atom stereocenters. The van der Waals surface area contributed by atoms with E-state index >= 15 is 0 Å². The van der Waals surface area contributed by atoms with Crippen molar-refractivity contribution in [3.8, 4) is 11.5 Å². The molecule has 1 aliphatic heterocycles. The van der Waals surface area contributed by atoms with Crippen molar-refractivity contribution in [3.63, 3.8) is 0 Å². The van der Waals surface area contributed by atoms with Gasteiger partial charge in [-0.05, 0) is 66.9 Å². The number of hydrogen-bond acceptors (Lipinski definition) is 6. The van der Waals surface area contributed by atoms with Crippen molar-refractivity contribution in [1.29, 1.82) is 0 Å². The topological polar surface area (TPSA) is 98.3 Å². The number of benzene rings is 2. The highest BCUT2D eigenvalue weighted by molar-refractivity contribution is 5.95. The Hall–Kier alpha value is -3.39. The third kappa shape index (κ3) is 6.59. The van der Waals surface area contributed by atoms with Gasteiger partial charge >= 0.3 is 0 Å². The van der Waals surface area contributed by atoms with Gasteiger partial charge in [0.25, 0.3) is 11.8 Å². The molecule has 0 aromatic heterocycles. The predicted octanol–water partition coefficient (Wildman–Crippen LogP) is 2.13. The maximum absolute atomic E-state index is 12.0. The minimum absolute atomic E-state index is 0.0575.